The first-order valence-electron chi connectivity index (χ1n) is 9.32. The normalized spacial score (nSPS) is 10.6. The van der Waals surface area contributed by atoms with Crippen molar-refractivity contribution in [2.45, 2.75) is 33.9 Å². The van der Waals surface area contributed by atoms with Crippen LogP contribution in [0.2, 0.25) is 0 Å². The van der Waals surface area contributed by atoms with Gasteiger partial charge in [-0.05, 0) is 61.7 Å². The van der Waals surface area contributed by atoms with Gasteiger partial charge in [0, 0.05) is 22.3 Å². The fraction of sp³-hybridized carbons (Fsp3) is 0.250. The number of nitrogens with one attached hydrogen (secondary N) is 1. The van der Waals surface area contributed by atoms with Gasteiger partial charge in [-0.15, -0.1) is 0 Å². The van der Waals surface area contributed by atoms with Gasteiger partial charge < -0.3 is 14.8 Å². The van der Waals surface area contributed by atoms with Gasteiger partial charge in [0.15, 0.2) is 11.5 Å². The summed E-state index contributed by atoms with van der Waals surface area (Å²) in [5, 5.41) is 3.50. The second-order valence-corrected chi connectivity index (χ2v) is 7.84. The Kier molecular flexibility index (Phi) is 6.63. The van der Waals surface area contributed by atoms with Gasteiger partial charge in [-0.1, -0.05) is 51.8 Å². The zero-order valence-electron chi connectivity index (χ0n) is 16.8. The first-order valence-corrected chi connectivity index (χ1v) is 10.1. The molecule has 3 rings (SSSR count). The van der Waals surface area contributed by atoms with Crippen LogP contribution in [-0.2, 0) is 13.2 Å². The lowest BCUT2D eigenvalue weighted by Gasteiger charge is -2.18. The van der Waals surface area contributed by atoms with Crippen molar-refractivity contribution in [3.63, 3.8) is 0 Å². The van der Waals surface area contributed by atoms with Crippen LogP contribution in [0.25, 0.3) is 0 Å². The third-order valence-electron chi connectivity index (χ3n) is 4.83. The number of benzene rings is 3. The molecule has 0 amide bonds. The largest absolute Gasteiger partial charge is 0.493 e. The average Bonchev–Trinajstić information content (AvgIpc) is 2.68. The zero-order chi connectivity index (χ0) is 20.1. The minimum absolute atomic E-state index is 0.491. The number of aryl methyl sites for hydroxylation is 3. The highest BCUT2D eigenvalue weighted by atomic mass is 79.9. The Bertz CT molecular complexity index is 969. The van der Waals surface area contributed by atoms with E-state index < -0.39 is 0 Å². The molecule has 0 bridgehead atoms. The smallest absolute Gasteiger partial charge is 0.167 e. The predicted molar refractivity (Wildman–Crippen MR) is 119 cm³/mol. The highest BCUT2D eigenvalue weighted by Gasteiger charge is 2.15. The first kappa shape index (κ1) is 20.3. The molecule has 0 fully saturated rings. The Morgan fingerprint density at radius 1 is 0.929 bits per heavy atom. The van der Waals surface area contributed by atoms with E-state index in [1.807, 2.05) is 18.2 Å². The van der Waals surface area contributed by atoms with Crippen molar-refractivity contribution in [3.05, 3.63) is 86.9 Å². The van der Waals surface area contributed by atoms with E-state index in [2.05, 4.69) is 78.4 Å². The summed E-state index contributed by atoms with van der Waals surface area (Å²) in [6.07, 6.45) is 0. The molecule has 28 heavy (non-hydrogen) atoms. The summed E-state index contributed by atoms with van der Waals surface area (Å²) < 4.78 is 12.8. The number of anilines is 1. The number of ether oxygens (including phenoxy) is 2. The lowest BCUT2D eigenvalue weighted by atomic mass is 10.1. The van der Waals surface area contributed by atoms with Crippen molar-refractivity contribution < 1.29 is 9.47 Å². The number of hydrogen-bond acceptors (Lipinski definition) is 3. The van der Waals surface area contributed by atoms with Crippen LogP contribution in [0.4, 0.5) is 5.69 Å². The molecule has 1 N–H and O–H groups in total. The van der Waals surface area contributed by atoms with Crippen LogP contribution < -0.4 is 14.8 Å². The van der Waals surface area contributed by atoms with E-state index in [1.54, 1.807) is 7.11 Å². The van der Waals surface area contributed by atoms with E-state index in [9.17, 15) is 0 Å². The molecule has 0 unspecified atom stereocenters. The van der Waals surface area contributed by atoms with Crippen molar-refractivity contribution in [1.29, 1.82) is 0 Å². The van der Waals surface area contributed by atoms with Gasteiger partial charge in [0.05, 0.1) is 7.11 Å². The fourth-order valence-corrected chi connectivity index (χ4v) is 3.52. The first-order chi connectivity index (χ1) is 13.5. The van der Waals surface area contributed by atoms with Crippen LogP contribution in [0, 0.1) is 20.8 Å². The van der Waals surface area contributed by atoms with Crippen LogP contribution in [0.5, 0.6) is 11.5 Å². The third-order valence-corrected chi connectivity index (χ3v) is 5.57. The van der Waals surface area contributed by atoms with Crippen molar-refractivity contribution in [3.8, 4) is 11.5 Å². The zero-order valence-corrected chi connectivity index (χ0v) is 18.4. The molecule has 0 saturated carbocycles. The van der Waals surface area contributed by atoms with Crippen LogP contribution in [-0.4, -0.2) is 7.11 Å². The molecule has 0 aromatic heterocycles. The van der Waals surface area contributed by atoms with Gasteiger partial charge in [0.25, 0.3) is 0 Å². The minimum atomic E-state index is 0.491. The van der Waals surface area contributed by atoms with Crippen molar-refractivity contribution >= 4 is 21.6 Å². The maximum atomic E-state index is 6.22. The molecule has 0 spiro atoms. The van der Waals surface area contributed by atoms with Gasteiger partial charge in [0.2, 0.25) is 0 Å². The molecular formula is C24H26BrNO2. The molecule has 0 aliphatic carbocycles. The van der Waals surface area contributed by atoms with Crippen LogP contribution in [0.3, 0.4) is 0 Å². The van der Waals surface area contributed by atoms with E-state index in [0.717, 1.165) is 32.8 Å². The minimum Gasteiger partial charge on any atom is -0.493 e. The number of rotatable bonds is 7. The quantitative estimate of drug-likeness (QED) is 0.451. The predicted octanol–water partition coefficient (Wildman–Crippen LogP) is 6.57. The van der Waals surface area contributed by atoms with E-state index in [-0.39, 0.29) is 0 Å². The number of hydrogen-bond donors (Lipinski definition) is 1. The molecule has 4 heteroatoms. The van der Waals surface area contributed by atoms with Crippen LogP contribution >= 0.6 is 15.9 Å². The Morgan fingerprint density at radius 2 is 1.75 bits per heavy atom. The van der Waals surface area contributed by atoms with Gasteiger partial charge in [-0.25, -0.2) is 0 Å². The standard InChI is InChI=1S/C24H26BrNO2/c1-16-6-5-7-19(12-16)15-28-24-21(22(25)10-11-23(24)27-4)14-26-20-9-8-17(2)18(3)13-20/h5-13,26H,14-15H2,1-4H3. The van der Waals surface area contributed by atoms with Gasteiger partial charge in [0.1, 0.15) is 6.61 Å². The van der Waals surface area contributed by atoms with Crippen LogP contribution in [0.15, 0.2) is 59.1 Å². The summed E-state index contributed by atoms with van der Waals surface area (Å²) in [5.74, 6) is 1.49. The molecule has 3 aromatic carbocycles. The third kappa shape index (κ3) is 4.87. The second kappa shape index (κ2) is 9.16. The molecular weight excluding hydrogens is 414 g/mol. The van der Waals surface area contributed by atoms with E-state index in [4.69, 9.17) is 9.47 Å². The maximum absolute atomic E-state index is 6.22. The summed E-state index contributed by atoms with van der Waals surface area (Å²) in [6.45, 7) is 7.45. The van der Waals surface area contributed by atoms with E-state index in [0.29, 0.717) is 13.2 Å². The molecule has 0 aliphatic heterocycles. The highest BCUT2D eigenvalue weighted by molar-refractivity contribution is 9.10. The van der Waals surface area contributed by atoms with E-state index in [1.165, 1.54) is 16.7 Å². The number of halogens is 1. The van der Waals surface area contributed by atoms with Gasteiger partial charge >= 0.3 is 0 Å². The van der Waals surface area contributed by atoms with Crippen molar-refractivity contribution in [2.24, 2.45) is 0 Å². The summed E-state index contributed by atoms with van der Waals surface area (Å²) in [5.41, 5.74) is 7.03. The van der Waals surface area contributed by atoms with Crippen molar-refractivity contribution in [1.82, 2.24) is 0 Å². The molecule has 0 atom stereocenters. The second-order valence-electron chi connectivity index (χ2n) is 6.99. The molecule has 0 aliphatic rings. The summed E-state index contributed by atoms with van der Waals surface area (Å²) >= 11 is 3.67. The summed E-state index contributed by atoms with van der Waals surface area (Å²) in [7, 11) is 1.67. The Labute approximate surface area is 175 Å². The Hall–Kier alpha value is -2.46. The topological polar surface area (TPSA) is 30.5 Å². The highest BCUT2D eigenvalue weighted by Crippen LogP contribution is 2.37. The average molecular weight is 440 g/mol. The summed E-state index contributed by atoms with van der Waals surface area (Å²) in [4.78, 5) is 0. The van der Waals surface area contributed by atoms with E-state index >= 15 is 0 Å². The molecule has 0 heterocycles. The Balaban J connectivity index is 1.83. The fourth-order valence-electron chi connectivity index (χ4n) is 3.07. The molecule has 146 valence electrons. The maximum Gasteiger partial charge on any atom is 0.167 e. The van der Waals surface area contributed by atoms with Gasteiger partial charge in [-0.2, -0.15) is 0 Å². The van der Waals surface area contributed by atoms with Crippen LogP contribution in [0.1, 0.15) is 27.8 Å². The SMILES string of the molecule is COc1ccc(Br)c(CNc2ccc(C)c(C)c2)c1OCc1cccc(C)c1. The molecule has 3 aromatic rings. The Morgan fingerprint density at radius 3 is 2.46 bits per heavy atom. The lowest BCUT2D eigenvalue weighted by Crippen LogP contribution is -2.06. The molecule has 3 nitrogen and oxygen atoms in total. The summed E-state index contributed by atoms with van der Waals surface area (Å²) in [6, 6.07) is 18.7. The number of methoxy groups -OCH3 is 1. The lowest BCUT2D eigenvalue weighted by molar-refractivity contribution is 0.281. The monoisotopic (exact) mass is 439 g/mol. The van der Waals surface area contributed by atoms with Gasteiger partial charge in [-0.3, -0.25) is 0 Å². The molecule has 0 radical (unpaired) electrons. The van der Waals surface area contributed by atoms with Crippen molar-refractivity contribution in [2.75, 3.05) is 12.4 Å². The molecule has 0 saturated heterocycles.